The summed E-state index contributed by atoms with van der Waals surface area (Å²) in [5.74, 6) is -0.500. The second kappa shape index (κ2) is 18.6. The predicted molar refractivity (Wildman–Crippen MR) is 157 cm³/mol. The Morgan fingerprint density at radius 3 is 2.03 bits per heavy atom. The molecule has 212 valence electrons. The molecule has 1 fully saturated rings. The molecule has 1 aliphatic heterocycles. The number of ether oxygens (including phenoxy) is 1. The molecule has 1 atom stereocenters. The molecular weight excluding hydrogens is 492 g/mol. The van der Waals surface area contributed by atoms with E-state index < -0.39 is 11.9 Å². The van der Waals surface area contributed by atoms with Gasteiger partial charge in [-0.15, -0.1) is 0 Å². The van der Waals surface area contributed by atoms with Crippen LogP contribution in [0.5, 0.6) is 5.75 Å². The van der Waals surface area contributed by atoms with Crippen molar-refractivity contribution in [3.63, 3.8) is 0 Å². The molecule has 1 aliphatic rings. The molecule has 1 saturated heterocycles. The summed E-state index contributed by atoms with van der Waals surface area (Å²) in [5.41, 5.74) is 2.81. The molecule has 2 aromatic carbocycles. The van der Waals surface area contributed by atoms with E-state index in [-0.39, 0.29) is 0 Å². The van der Waals surface area contributed by atoms with Crippen LogP contribution in [-0.2, 0) is 9.59 Å². The van der Waals surface area contributed by atoms with E-state index in [0.29, 0.717) is 24.0 Å². The van der Waals surface area contributed by atoms with Crippen molar-refractivity contribution < 1.29 is 24.5 Å². The number of carboxylic acid groups (broad SMARTS) is 2. The Balaban J connectivity index is 0.000000580. The summed E-state index contributed by atoms with van der Waals surface area (Å²) in [4.78, 5) is 26.2. The Morgan fingerprint density at radius 2 is 1.46 bits per heavy atom. The third-order valence-corrected chi connectivity index (χ3v) is 6.93. The number of carboxylic acids is 2. The van der Waals surface area contributed by atoms with E-state index in [1.807, 2.05) is 0 Å². The van der Waals surface area contributed by atoms with Crippen LogP contribution in [0.4, 0.5) is 0 Å². The Kier molecular flexibility index (Phi) is 15.1. The molecule has 0 spiro atoms. The van der Waals surface area contributed by atoms with Crippen molar-refractivity contribution in [1.29, 1.82) is 0 Å². The topological polar surface area (TPSA) is 99.4 Å². The number of methoxy groups -OCH3 is 1. The zero-order valence-electron chi connectivity index (χ0n) is 23.4. The Bertz CT molecular complexity index is 997. The Hall–Kier alpha value is -3.61. The fourth-order valence-corrected chi connectivity index (χ4v) is 4.88. The van der Waals surface area contributed by atoms with Crippen LogP contribution in [-0.4, -0.2) is 60.1 Å². The van der Waals surface area contributed by atoms with Gasteiger partial charge in [-0.2, -0.15) is 0 Å². The summed E-state index contributed by atoms with van der Waals surface area (Å²) in [7, 11) is 1.73. The standard InChI is InChI=1S/C28H40N2O.C4H4O4/c1-3-4-5-6-7-11-20-29-23-30-21-18-26(19-22-30)28(24-12-9-8-10-13-24)25-14-16-27(31-2)17-15-25;5-3(6)1-2-4(7)8/h8-10,12-17,23,26,28H,3-7,11,18-22H2,1-2H3;1-2H,(H,5,6)(H,7,8)/b;2-1+. The number of aliphatic imine (C=N–C) groups is 1. The lowest BCUT2D eigenvalue weighted by molar-refractivity contribution is -0.134. The maximum absolute atomic E-state index is 9.55. The highest BCUT2D eigenvalue weighted by Crippen LogP contribution is 2.38. The SMILES string of the molecule is CCCCCCCCN=CN1CCC(C(c2ccccc2)c2ccc(OC)cc2)CC1.O=C(O)/C=C/C(=O)O. The molecule has 1 unspecified atom stereocenters. The zero-order chi connectivity index (χ0) is 28.3. The number of rotatable bonds is 14. The molecule has 0 radical (unpaired) electrons. The van der Waals surface area contributed by atoms with Gasteiger partial charge in [0.25, 0.3) is 0 Å². The number of piperidine rings is 1. The van der Waals surface area contributed by atoms with Crippen LogP contribution in [0.25, 0.3) is 0 Å². The first-order valence-electron chi connectivity index (χ1n) is 14.0. The lowest BCUT2D eigenvalue weighted by Gasteiger charge is -2.36. The molecular formula is C32H44N2O5. The van der Waals surface area contributed by atoms with E-state index in [0.717, 1.165) is 25.4 Å². The van der Waals surface area contributed by atoms with Crippen molar-refractivity contribution in [2.75, 3.05) is 26.7 Å². The number of benzene rings is 2. The van der Waals surface area contributed by atoms with Gasteiger partial charge in [0, 0.05) is 37.7 Å². The molecule has 39 heavy (non-hydrogen) atoms. The van der Waals surface area contributed by atoms with Crippen LogP contribution in [0.3, 0.4) is 0 Å². The molecule has 0 aliphatic carbocycles. The fourth-order valence-electron chi connectivity index (χ4n) is 4.88. The zero-order valence-corrected chi connectivity index (χ0v) is 23.4. The molecule has 2 N–H and O–H groups in total. The van der Waals surface area contributed by atoms with E-state index in [2.05, 4.69) is 72.8 Å². The fraction of sp³-hybridized carbons (Fsp3) is 0.469. The van der Waals surface area contributed by atoms with Gasteiger partial charge in [-0.05, 0) is 48.4 Å². The summed E-state index contributed by atoms with van der Waals surface area (Å²) in [5, 5.41) is 15.6. The van der Waals surface area contributed by atoms with Gasteiger partial charge in [0.15, 0.2) is 0 Å². The van der Waals surface area contributed by atoms with Gasteiger partial charge in [-0.3, -0.25) is 4.99 Å². The second-order valence-corrected chi connectivity index (χ2v) is 9.83. The van der Waals surface area contributed by atoms with Gasteiger partial charge in [0.05, 0.1) is 13.4 Å². The largest absolute Gasteiger partial charge is 0.497 e. The van der Waals surface area contributed by atoms with Gasteiger partial charge >= 0.3 is 11.9 Å². The number of likely N-dealkylation sites (tertiary alicyclic amines) is 1. The smallest absolute Gasteiger partial charge is 0.328 e. The predicted octanol–water partition coefficient (Wildman–Crippen LogP) is 6.64. The minimum atomic E-state index is -1.26. The molecule has 0 aromatic heterocycles. The van der Waals surface area contributed by atoms with Crippen LogP contribution in [0.1, 0.15) is 75.3 Å². The van der Waals surface area contributed by atoms with E-state index in [1.54, 1.807) is 7.11 Å². The molecule has 7 nitrogen and oxygen atoms in total. The summed E-state index contributed by atoms with van der Waals surface area (Å²) in [6, 6.07) is 19.7. The first-order valence-corrected chi connectivity index (χ1v) is 14.0. The van der Waals surface area contributed by atoms with Crippen molar-refractivity contribution >= 4 is 18.3 Å². The van der Waals surface area contributed by atoms with Crippen LogP contribution in [0.2, 0.25) is 0 Å². The van der Waals surface area contributed by atoms with Crippen molar-refractivity contribution in [3.8, 4) is 5.75 Å². The quantitative estimate of drug-likeness (QED) is 0.122. The average molecular weight is 537 g/mol. The summed E-state index contributed by atoms with van der Waals surface area (Å²) in [6.07, 6.45) is 13.6. The van der Waals surface area contributed by atoms with E-state index in [9.17, 15) is 9.59 Å². The number of carbonyl (C=O) groups is 2. The Morgan fingerprint density at radius 1 is 0.897 bits per heavy atom. The van der Waals surface area contributed by atoms with Crippen LogP contribution >= 0.6 is 0 Å². The number of unbranched alkanes of at least 4 members (excludes halogenated alkanes) is 5. The molecule has 0 amide bonds. The van der Waals surface area contributed by atoms with E-state index in [1.165, 1.54) is 62.5 Å². The van der Waals surface area contributed by atoms with Gasteiger partial charge in [0.1, 0.15) is 5.75 Å². The number of aliphatic carboxylic acids is 2. The minimum Gasteiger partial charge on any atom is -0.497 e. The van der Waals surface area contributed by atoms with Gasteiger partial charge in [-0.1, -0.05) is 81.5 Å². The first-order chi connectivity index (χ1) is 18.9. The monoisotopic (exact) mass is 536 g/mol. The summed E-state index contributed by atoms with van der Waals surface area (Å²) < 4.78 is 5.37. The van der Waals surface area contributed by atoms with Crippen molar-refractivity contribution in [1.82, 2.24) is 4.90 Å². The third kappa shape index (κ3) is 12.7. The van der Waals surface area contributed by atoms with Crippen LogP contribution in [0, 0.1) is 5.92 Å². The van der Waals surface area contributed by atoms with Gasteiger partial charge in [-0.25, -0.2) is 9.59 Å². The molecule has 3 rings (SSSR count). The molecule has 2 aromatic rings. The van der Waals surface area contributed by atoms with Crippen LogP contribution in [0.15, 0.2) is 71.7 Å². The highest BCUT2D eigenvalue weighted by Gasteiger charge is 2.28. The lowest BCUT2D eigenvalue weighted by atomic mass is 9.76. The van der Waals surface area contributed by atoms with Crippen molar-refractivity contribution in [3.05, 3.63) is 77.9 Å². The second-order valence-electron chi connectivity index (χ2n) is 9.83. The van der Waals surface area contributed by atoms with Crippen molar-refractivity contribution in [2.24, 2.45) is 10.9 Å². The lowest BCUT2D eigenvalue weighted by Crippen LogP contribution is -2.35. The van der Waals surface area contributed by atoms with E-state index >= 15 is 0 Å². The van der Waals surface area contributed by atoms with Crippen LogP contribution < -0.4 is 4.74 Å². The molecule has 0 saturated carbocycles. The summed E-state index contributed by atoms with van der Waals surface area (Å²) >= 11 is 0. The third-order valence-electron chi connectivity index (χ3n) is 6.93. The maximum atomic E-state index is 9.55. The van der Waals surface area contributed by atoms with E-state index in [4.69, 9.17) is 19.9 Å². The number of nitrogens with zero attached hydrogens (tertiary/aromatic N) is 2. The first kappa shape index (κ1) is 31.6. The molecule has 7 heteroatoms. The minimum absolute atomic E-state index is 0.439. The molecule has 0 bridgehead atoms. The normalized spacial score (nSPS) is 14.7. The highest BCUT2D eigenvalue weighted by atomic mass is 16.5. The summed E-state index contributed by atoms with van der Waals surface area (Å²) in [6.45, 7) is 5.45. The average Bonchev–Trinajstić information content (AvgIpc) is 2.95. The maximum Gasteiger partial charge on any atom is 0.328 e. The van der Waals surface area contributed by atoms with Gasteiger partial charge < -0.3 is 19.8 Å². The number of hydrogen-bond acceptors (Lipinski definition) is 4. The van der Waals surface area contributed by atoms with Crippen molar-refractivity contribution in [2.45, 2.75) is 64.2 Å². The number of hydrogen-bond donors (Lipinski definition) is 2. The Labute approximate surface area is 233 Å². The molecule has 1 heterocycles. The highest BCUT2D eigenvalue weighted by molar-refractivity contribution is 5.89. The van der Waals surface area contributed by atoms with Gasteiger partial charge in [0.2, 0.25) is 0 Å².